The van der Waals surface area contributed by atoms with Crippen molar-refractivity contribution in [3.8, 4) is 17.3 Å². The maximum Gasteiger partial charge on any atom is 0.426 e. The van der Waals surface area contributed by atoms with Crippen LogP contribution in [0.4, 0.5) is 45.2 Å². The summed E-state index contributed by atoms with van der Waals surface area (Å²) in [6.07, 6.45) is -16.3. The molecular weight excluding hydrogens is 641 g/mol. The minimum absolute atomic E-state index is 0.0117. The standard InChI is InChI=1S/C28H26F9N5O4/c29-26(30,31)17-12-18(38)20-21-40-41-23(46-21)25(44,28(35,36)37)7-2-1-3-10-42(22(43)19(17)39-20)13-15-5-4-6-16(11-15)45-14-24(8-9-24)27(32,33)34/h4-6,11-12,44H,1-3,7-10,13-14,38H2/t25-/m1/s1. The lowest BCUT2D eigenvalue weighted by atomic mass is 9.95. The lowest BCUT2D eigenvalue weighted by Gasteiger charge is -2.28. The number of pyridine rings is 1. The molecule has 250 valence electrons. The van der Waals surface area contributed by atoms with Crippen LogP contribution in [0.2, 0.25) is 0 Å². The Morgan fingerprint density at radius 3 is 2.28 bits per heavy atom. The molecule has 46 heavy (non-hydrogen) atoms. The van der Waals surface area contributed by atoms with E-state index in [9.17, 15) is 49.4 Å². The van der Waals surface area contributed by atoms with E-state index in [1.807, 2.05) is 0 Å². The van der Waals surface area contributed by atoms with Gasteiger partial charge in [-0.25, -0.2) is 4.98 Å². The number of aliphatic hydroxyl groups is 1. The zero-order valence-corrected chi connectivity index (χ0v) is 23.7. The number of benzene rings is 1. The summed E-state index contributed by atoms with van der Waals surface area (Å²) in [5.74, 6) is -3.33. The summed E-state index contributed by atoms with van der Waals surface area (Å²) in [4.78, 5) is 18.4. The Balaban J connectivity index is 1.51. The van der Waals surface area contributed by atoms with Crippen molar-refractivity contribution in [3.63, 3.8) is 0 Å². The number of nitrogen functional groups attached to an aromatic ring is 1. The lowest BCUT2D eigenvalue weighted by molar-refractivity contribution is -0.277. The molecule has 5 rings (SSSR count). The van der Waals surface area contributed by atoms with Crippen molar-refractivity contribution in [2.45, 2.75) is 69.2 Å². The SMILES string of the molecule is Nc1cc(C(F)(F)F)c2nc1-c1nnc(o1)[C@@](O)(C(F)(F)F)CCCCCN(Cc1cccc(OCC3(C(F)(F)F)CC3)c1)C2=O. The molecule has 3 aromatic rings. The van der Waals surface area contributed by atoms with Gasteiger partial charge in [0.15, 0.2) is 5.69 Å². The number of carbonyl (C=O) groups excluding carboxylic acids is 1. The number of nitrogens with zero attached hydrogens (tertiary/aromatic N) is 4. The van der Waals surface area contributed by atoms with E-state index in [0.717, 1.165) is 4.90 Å². The minimum atomic E-state index is -5.27. The van der Waals surface area contributed by atoms with Crippen LogP contribution in [0.3, 0.4) is 0 Å². The summed E-state index contributed by atoms with van der Waals surface area (Å²) >= 11 is 0. The second kappa shape index (κ2) is 11.6. The highest BCUT2D eigenvalue weighted by molar-refractivity contribution is 5.95. The monoisotopic (exact) mass is 667 g/mol. The fourth-order valence-electron chi connectivity index (χ4n) is 5.03. The van der Waals surface area contributed by atoms with E-state index < -0.39 is 82.9 Å². The first-order valence-corrected chi connectivity index (χ1v) is 13.9. The Morgan fingerprint density at radius 2 is 1.65 bits per heavy atom. The van der Waals surface area contributed by atoms with E-state index in [4.69, 9.17) is 14.9 Å². The molecule has 3 N–H and O–H groups in total. The number of anilines is 1. The first-order valence-electron chi connectivity index (χ1n) is 13.9. The van der Waals surface area contributed by atoms with E-state index >= 15 is 0 Å². The summed E-state index contributed by atoms with van der Waals surface area (Å²) in [6, 6.07) is 5.98. The maximum absolute atomic E-state index is 14.1. The Labute approximate surface area is 254 Å². The molecule has 3 heterocycles. The van der Waals surface area contributed by atoms with Crippen molar-refractivity contribution in [2.75, 3.05) is 18.9 Å². The first kappa shape index (κ1) is 33.3. The Hall–Kier alpha value is -4.09. The topological polar surface area (TPSA) is 128 Å². The average Bonchev–Trinajstić information content (AvgIpc) is 3.62. The lowest BCUT2D eigenvalue weighted by Crippen LogP contribution is -2.42. The van der Waals surface area contributed by atoms with Crippen molar-refractivity contribution in [3.05, 3.63) is 53.0 Å². The average molecular weight is 668 g/mol. The number of rotatable bonds is 5. The number of aromatic nitrogens is 3. The van der Waals surface area contributed by atoms with E-state index in [0.29, 0.717) is 6.07 Å². The summed E-state index contributed by atoms with van der Waals surface area (Å²) in [5.41, 5.74) is -3.69. The Bertz CT molecular complexity index is 1600. The molecule has 0 unspecified atom stereocenters. The fourth-order valence-corrected chi connectivity index (χ4v) is 5.03. The summed E-state index contributed by atoms with van der Waals surface area (Å²) in [7, 11) is 0. The van der Waals surface area contributed by atoms with Gasteiger partial charge in [-0.3, -0.25) is 4.79 Å². The molecule has 18 heteroatoms. The Morgan fingerprint density at radius 1 is 0.935 bits per heavy atom. The van der Waals surface area contributed by atoms with Crippen molar-refractivity contribution in [1.82, 2.24) is 20.1 Å². The van der Waals surface area contributed by atoms with Gasteiger partial charge in [0.05, 0.1) is 11.3 Å². The fraction of sp³-hybridized carbons (Fsp3) is 0.500. The van der Waals surface area contributed by atoms with Crippen LogP contribution < -0.4 is 10.5 Å². The first-order chi connectivity index (χ1) is 21.3. The highest BCUT2D eigenvalue weighted by atomic mass is 19.4. The number of carbonyl (C=O) groups is 1. The third-order valence-electron chi connectivity index (χ3n) is 8.01. The molecule has 9 nitrogen and oxygen atoms in total. The van der Waals surface area contributed by atoms with Crippen molar-refractivity contribution < 1.29 is 58.6 Å². The molecule has 1 amide bonds. The molecule has 0 radical (unpaired) electrons. The van der Waals surface area contributed by atoms with Crippen LogP contribution in [0.25, 0.3) is 11.6 Å². The van der Waals surface area contributed by atoms with Gasteiger partial charge in [-0.15, -0.1) is 10.2 Å². The van der Waals surface area contributed by atoms with Gasteiger partial charge in [0.2, 0.25) is 5.60 Å². The second-order valence-corrected chi connectivity index (χ2v) is 11.3. The predicted molar refractivity (Wildman–Crippen MR) is 140 cm³/mol. The maximum atomic E-state index is 14.1. The molecule has 1 aliphatic carbocycles. The van der Waals surface area contributed by atoms with Crippen LogP contribution >= 0.6 is 0 Å². The van der Waals surface area contributed by atoms with Gasteiger partial charge in [0, 0.05) is 13.1 Å². The van der Waals surface area contributed by atoms with Crippen molar-refractivity contribution in [1.29, 1.82) is 0 Å². The normalized spacial score (nSPS) is 20.7. The molecule has 1 aromatic carbocycles. The second-order valence-electron chi connectivity index (χ2n) is 11.3. The molecule has 4 bridgehead atoms. The smallest absolute Gasteiger partial charge is 0.426 e. The van der Waals surface area contributed by atoms with E-state index in [-0.39, 0.29) is 56.5 Å². The number of fused-ring (bicyclic) bond motifs is 5. The van der Waals surface area contributed by atoms with Crippen LogP contribution in [-0.2, 0) is 18.3 Å². The van der Waals surface area contributed by atoms with Crippen LogP contribution in [0.5, 0.6) is 5.75 Å². The quantitative estimate of drug-likeness (QED) is 0.299. The zero-order valence-electron chi connectivity index (χ0n) is 23.7. The molecule has 2 aromatic heterocycles. The van der Waals surface area contributed by atoms with E-state index in [2.05, 4.69) is 15.2 Å². The van der Waals surface area contributed by atoms with Gasteiger partial charge >= 0.3 is 18.5 Å². The van der Waals surface area contributed by atoms with E-state index in [1.165, 1.54) is 24.3 Å². The van der Waals surface area contributed by atoms with Gasteiger partial charge in [0.1, 0.15) is 23.5 Å². The number of nitrogens with two attached hydrogens (primary N) is 1. The van der Waals surface area contributed by atoms with Crippen LogP contribution in [0.1, 0.15) is 66.0 Å². The molecule has 1 saturated carbocycles. The molecular formula is C28H26F9N5O4. The van der Waals surface area contributed by atoms with Gasteiger partial charge in [0.25, 0.3) is 17.7 Å². The number of alkyl halides is 9. The van der Waals surface area contributed by atoms with Crippen LogP contribution in [-0.4, -0.2) is 56.6 Å². The van der Waals surface area contributed by atoms with Crippen molar-refractivity contribution in [2.24, 2.45) is 5.41 Å². The number of halogens is 9. The zero-order chi connectivity index (χ0) is 33.7. The van der Waals surface area contributed by atoms with Gasteiger partial charge in [-0.05, 0) is 55.9 Å². The number of hydrogen-bond acceptors (Lipinski definition) is 8. The predicted octanol–water partition coefficient (Wildman–Crippen LogP) is 6.42. The summed E-state index contributed by atoms with van der Waals surface area (Å²) in [6.45, 7) is -1.27. The summed E-state index contributed by atoms with van der Waals surface area (Å²) < 4.78 is 135. The largest absolute Gasteiger partial charge is 0.493 e. The number of amides is 1. The van der Waals surface area contributed by atoms with E-state index in [1.54, 1.807) is 0 Å². The van der Waals surface area contributed by atoms with Crippen molar-refractivity contribution >= 4 is 11.6 Å². The number of hydrogen-bond donors (Lipinski definition) is 2. The molecule has 1 atom stereocenters. The summed E-state index contributed by atoms with van der Waals surface area (Å²) in [5, 5.41) is 17.2. The van der Waals surface area contributed by atoms with Crippen LogP contribution in [0.15, 0.2) is 34.7 Å². The van der Waals surface area contributed by atoms with Gasteiger partial charge in [-0.2, -0.15) is 39.5 Å². The molecule has 1 aliphatic heterocycles. The molecule has 0 saturated heterocycles. The van der Waals surface area contributed by atoms with Gasteiger partial charge in [-0.1, -0.05) is 18.6 Å². The van der Waals surface area contributed by atoms with Gasteiger partial charge < -0.3 is 24.9 Å². The highest BCUT2D eigenvalue weighted by Gasteiger charge is 2.64. The Kier molecular flexibility index (Phi) is 8.40. The molecule has 2 aliphatic rings. The third kappa shape index (κ3) is 6.43. The van der Waals surface area contributed by atoms with Crippen LogP contribution in [0, 0.1) is 5.41 Å². The molecule has 0 spiro atoms. The highest BCUT2D eigenvalue weighted by Crippen LogP contribution is 2.57. The minimum Gasteiger partial charge on any atom is -0.493 e. The number of ether oxygens (including phenoxy) is 1. The third-order valence-corrected chi connectivity index (χ3v) is 8.01. The molecule has 1 fully saturated rings.